The Morgan fingerprint density at radius 3 is 2.65 bits per heavy atom. The average Bonchev–Trinajstić information content (AvgIpc) is 2.56. The molecule has 26 heavy (non-hydrogen) atoms. The summed E-state index contributed by atoms with van der Waals surface area (Å²) in [4.78, 5) is 24.8. The van der Waals surface area contributed by atoms with Crippen LogP contribution in [0.1, 0.15) is 32.3 Å². The molecule has 1 atom stereocenters. The third kappa shape index (κ3) is 5.91. The molecule has 7 heteroatoms. The fraction of sp³-hybridized carbons (Fsp3) is 0.579. The highest BCUT2D eigenvalue weighted by molar-refractivity contribution is 5.74. The monoisotopic (exact) mass is 363 g/mol. The first-order chi connectivity index (χ1) is 12.4. The number of amides is 2. The number of carbonyl (C=O) groups is 2. The quantitative estimate of drug-likeness (QED) is 0.624. The molecule has 1 fully saturated rings. The van der Waals surface area contributed by atoms with Crippen LogP contribution in [0.15, 0.2) is 24.3 Å². The number of nitrogens with zero attached hydrogens (tertiary/aromatic N) is 1. The third-order valence-corrected chi connectivity index (χ3v) is 4.68. The lowest BCUT2D eigenvalue weighted by Gasteiger charge is -2.42. The van der Waals surface area contributed by atoms with Gasteiger partial charge in [-0.05, 0) is 44.9 Å². The molecule has 2 amide bonds. The summed E-state index contributed by atoms with van der Waals surface area (Å²) < 4.78 is 5.84. The number of nitrogens with one attached hydrogen (secondary N) is 2. The van der Waals surface area contributed by atoms with Crippen molar-refractivity contribution in [3.8, 4) is 5.75 Å². The maximum Gasteiger partial charge on any atom is 0.317 e. The Hall–Kier alpha value is -2.28. The van der Waals surface area contributed by atoms with Crippen molar-refractivity contribution in [3.05, 3.63) is 29.8 Å². The molecule has 3 N–H and O–H groups in total. The van der Waals surface area contributed by atoms with Crippen molar-refractivity contribution in [3.63, 3.8) is 0 Å². The van der Waals surface area contributed by atoms with E-state index in [1.807, 2.05) is 49.9 Å². The Morgan fingerprint density at radius 1 is 1.35 bits per heavy atom. The predicted octanol–water partition coefficient (Wildman–Crippen LogP) is 2.00. The summed E-state index contributed by atoms with van der Waals surface area (Å²) in [5, 5.41) is 14.7. The van der Waals surface area contributed by atoms with E-state index in [2.05, 4.69) is 10.6 Å². The highest BCUT2D eigenvalue weighted by atomic mass is 16.5. The van der Waals surface area contributed by atoms with Gasteiger partial charge in [0.1, 0.15) is 11.9 Å². The Bertz CT molecular complexity index is 617. The number of urea groups is 1. The SMILES string of the molecule is CCN(CC(=O)O)C1CC(NC(=O)NCC(C)Oc2ccccc2C)C1. The summed E-state index contributed by atoms with van der Waals surface area (Å²) in [6.07, 6.45) is 1.43. The van der Waals surface area contributed by atoms with Gasteiger partial charge in [-0.25, -0.2) is 4.79 Å². The van der Waals surface area contributed by atoms with Crippen LogP contribution in [0.3, 0.4) is 0 Å². The molecule has 1 aromatic carbocycles. The predicted molar refractivity (Wildman–Crippen MR) is 99.5 cm³/mol. The maximum absolute atomic E-state index is 12.0. The van der Waals surface area contributed by atoms with E-state index in [1.165, 1.54) is 0 Å². The number of likely N-dealkylation sites (N-methyl/N-ethyl adjacent to an activating group) is 1. The topological polar surface area (TPSA) is 90.9 Å². The van der Waals surface area contributed by atoms with Crippen molar-refractivity contribution in [2.45, 2.75) is 51.8 Å². The van der Waals surface area contributed by atoms with Crippen molar-refractivity contribution < 1.29 is 19.4 Å². The maximum atomic E-state index is 12.0. The number of aryl methyl sites for hydroxylation is 1. The Balaban J connectivity index is 1.65. The van der Waals surface area contributed by atoms with Crippen LogP contribution < -0.4 is 15.4 Å². The van der Waals surface area contributed by atoms with E-state index in [-0.39, 0.29) is 30.8 Å². The molecule has 1 aromatic rings. The first-order valence-electron chi connectivity index (χ1n) is 9.11. The molecule has 2 rings (SSSR count). The molecule has 144 valence electrons. The van der Waals surface area contributed by atoms with E-state index < -0.39 is 5.97 Å². The lowest BCUT2D eigenvalue weighted by atomic mass is 9.85. The van der Waals surface area contributed by atoms with E-state index in [4.69, 9.17) is 9.84 Å². The van der Waals surface area contributed by atoms with E-state index in [0.29, 0.717) is 13.1 Å². The van der Waals surface area contributed by atoms with E-state index in [1.54, 1.807) is 0 Å². The second-order valence-corrected chi connectivity index (χ2v) is 6.83. The van der Waals surface area contributed by atoms with Crippen LogP contribution in [0.25, 0.3) is 0 Å². The van der Waals surface area contributed by atoms with Gasteiger partial charge >= 0.3 is 12.0 Å². The smallest absolute Gasteiger partial charge is 0.317 e. The number of benzene rings is 1. The molecule has 1 saturated carbocycles. The van der Waals surface area contributed by atoms with Crippen molar-refractivity contribution in [1.82, 2.24) is 15.5 Å². The molecule has 1 aliphatic carbocycles. The van der Waals surface area contributed by atoms with Crippen LogP contribution in [0, 0.1) is 6.92 Å². The van der Waals surface area contributed by atoms with Gasteiger partial charge in [-0.1, -0.05) is 25.1 Å². The minimum Gasteiger partial charge on any atom is -0.489 e. The number of carboxylic acid groups (broad SMARTS) is 1. The van der Waals surface area contributed by atoms with Crippen LogP contribution in [0.5, 0.6) is 5.75 Å². The molecule has 0 saturated heterocycles. The van der Waals surface area contributed by atoms with E-state index >= 15 is 0 Å². The lowest BCUT2D eigenvalue weighted by Crippen LogP contribution is -2.56. The molecule has 0 aliphatic heterocycles. The van der Waals surface area contributed by atoms with Crippen LogP contribution in [0.4, 0.5) is 4.79 Å². The molecule has 0 spiro atoms. The van der Waals surface area contributed by atoms with Gasteiger partial charge in [0.2, 0.25) is 0 Å². The van der Waals surface area contributed by atoms with Crippen LogP contribution in [-0.4, -0.2) is 59.8 Å². The normalized spacial score (nSPS) is 20.2. The molecular weight excluding hydrogens is 334 g/mol. The molecule has 0 radical (unpaired) electrons. The number of hydrogen-bond donors (Lipinski definition) is 3. The third-order valence-electron chi connectivity index (χ3n) is 4.68. The van der Waals surface area contributed by atoms with Gasteiger partial charge in [-0.3, -0.25) is 9.69 Å². The Kier molecular flexibility index (Phi) is 7.26. The zero-order chi connectivity index (χ0) is 19.1. The fourth-order valence-corrected chi connectivity index (χ4v) is 3.10. The molecular formula is C19H29N3O4. The summed E-state index contributed by atoms with van der Waals surface area (Å²) in [6.45, 7) is 7.01. The summed E-state index contributed by atoms with van der Waals surface area (Å²) in [5.41, 5.74) is 1.06. The van der Waals surface area contributed by atoms with Gasteiger partial charge in [-0.15, -0.1) is 0 Å². The highest BCUT2D eigenvalue weighted by Crippen LogP contribution is 2.25. The van der Waals surface area contributed by atoms with Gasteiger partial charge in [0, 0.05) is 12.1 Å². The highest BCUT2D eigenvalue weighted by Gasteiger charge is 2.34. The second-order valence-electron chi connectivity index (χ2n) is 6.83. The zero-order valence-electron chi connectivity index (χ0n) is 15.7. The standard InChI is InChI=1S/C19H29N3O4/c1-4-22(12-18(23)24)16-9-15(10-16)21-19(25)20-11-14(3)26-17-8-6-5-7-13(17)2/h5-8,14-16H,4,9-12H2,1-3H3,(H,23,24)(H2,20,21,25). The number of rotatable bonds is 9. The van der Waals surface area contributed by atoms with Gasteiger partial charge in [0.15, 0.2) is 0 Å². The number of hydrogen-bond acceptors (Lipinski definition) is 4. The minimum atomic E-state index is -0.816. The average molecular weight is 363 g/mol. The fourth-order valence-electron chi connectivity index (χ4n) is 3.10. The van der Waals surface area contributed by atoms with E-state index in [9.17, 15) is 9.59 Å². The summed E-state index contributed by atoms with van der Waals surface area (Å²) in [7, 11) is 0. The number of aliphatic carboxylic acids is 1. The summed E-state index contributed by atoms with van der Waals surface area (Å²) in [5.74, 6) is 0.00535. The van der Waals surface area contributed by atoms with Crippen molar-refractivity contribution in [2.24, 2.45) is 0 Å². The summed E-state index contributed by atoms with van der Waals surface area (Å²) >= 11 is 0. The van der Waals surface area contributed by atoms with Crippen molar-refractivity contribution >= 4 is 12.0 Å². The van der Waals surface area contributed by atoms with Crippen molar-refractivity contribution in [2.75, 3.05) is 19.6 Å². The first kappa shape index (κ1) is 20.0. The van der Waals surface area contributed by atoms with Crippen LogP contribution >= 0.6 is 0 Å². The lowest BCUT2D eigenvalue weighted by molar-refractivity contribution is -0.139. The summed E-state index contributed by atoms with van der Waals surface area (Å²) in [6, 6.07) is 7.89. The Morgan fingerprint density at radius 2 is 2.04 bits per heavy atom. The molecule has 0 heterocycles. The van der Waals surface area contributed by atoms with Crippen LogP contribution in [-0.2, 0) is 4.79 Å². The molecule has 0 bridgehead atoms. The van der Waals surface area contributed by atoms with Gasteiger partial charge in [-0.2, -0.15) is 0 Å². The molecule has 7 nitrogen and oxygen atoms in total. The number of carbonyl (C=O) groups excluding carboxylic acids is 1. The molecule has 1 aliphatic rings. The van der Waals surface area contributed by atoms with Gasteiger partial charge in [0.05, 0.1) is 13.1 Å². The Labute approximate surface area is 154 Å². The number of carboxylic acids is 1. The second kappa shape index (κ2) is 9.43. The van der Waals surface area contributed by atoms with Crippen LogP contribution in [0.2, 0.25) is 0 Å². The number of ether oxygens (including phenoxy) is 1. The number of para-hydroxylation sites is 1. The minimum absolute atomic E-state index is 0.0494. The largest absolute Gasteiger partial charge is 0.489 e. The first-order valence-corrected chi connectivity index (χ1v) is 9.11. The van der Waals surface area contributed by atoms with Gasteiger partial charge < -0.3 is 20.5 Å². The van der Waals surface area contributed by atoms with Crippen molar-refractivity contribution in [1.29, 1.82) is 0 Å². The molecule has 1 unspecified atom stereocenters. The molecule has 0 aromatic heterocycles. The van der Waals surface area contributed by atoms with Gasteiger partial charge in [0.25, 0.3) is 0 Å². The zero-order valence-corrected chi connectivity index (χ0v) is 15.7. The van der Waals surface area contributed by atoms with E-state index in [0.717, 1.165) is 24.2 Å².